The third kappa shape index (κ3) is 4.77. The van der Waals surface area contributed by atoms with Gasteiger partial charge in [-0.15, -0.1) is 0 Å². The van der Waals surface area contributed by atoms with Crippen LogP contribution < -0.4 is 0 Å². The number of carbonyl (C=O) groups is 2. The molecule has 1 N–H and O–H groups in total. The van der Waals surface area contributed by atoms with E-state index >= 15 is 0 Å². The van der Waals surface area contributed by atoms with Crippen molar-refractivity contribution in [2.45, 2.75) is 0 Å². The third-order valence-electron chi connectivity index (χ3n) is 2.21. The van der Waals surface area contributed by atoms with Gasteiger partial charge in [-0.3, -0.25) is 9.59 Å². The number of halogens is 2. The predicted molar refractivity (Wildman–Crippen MR) is 72.4 cm³/mol. The van der Waals surface area contributed by atoms with E-state index in [4.69, 9.17) is 21.4 Å². The average Bonchev–Trinajstić information content (AvgIpc) is 2.36. The van der Waals surface area contributed by atoms with Crippen LogP contribution in [0.3, 0.4) is 0 Å². The molecule has 0 atom stereocenters. The Morgan fingerprint density at radius 3 is 2.84 bits per heavy atom. The molecule has 1 aromatic heterocycles. The minimum absolute atomic E-state index is 0.0287. The van der Waals surface area contributed by atoms with E-state index in [9.17, 15) is 9.59 Å². The van der Waals surface area contributed by atoms with Crippen LogP contribution in [0.5, 0.6) is 0 Å². The van der Waals surface area contributed by atoms with E-state index in [0.717, 1.165) is 4.90 Å². The van der Waals surface area contributed by atoms with Gasteiger partial charge in [0.15, 0.2) is 0 Å². The smallest absolute Gasteiger partial charge is 0.323 e. The number of ether oxygens (including phenoxy) is 1. The number of hydrogen-bond acceptors (Lipinski definition) is 4. The summed E-state index contributed by atoms with van der Waals surface area (Å²) >= 11 is 9.03. The first kappa shape index (κ1) is 15.9. The fourth-order valence-electron chi connectivity index (χ4n) is 1.36. The van der Waals surface area contributed by atoms with Gasteiger partial charge in [0.1, 0.15) is 11.7 Å². The molecule has 0 fully saturated rings. The highest BCUT2D eigenvalue weighted by Gasteiger charge is 2.21. The topological polar surface area (TPSA) is 79.7 Å². The van der Waals surface area contributed by atoms with Gasteiger partial charge in [-0.2, -0.15) is 0 Å². The van der Waals surface area contributed by atoms with Gasteiger partial charge in [-0.05, 0) is 22.0 Å². The number of aromatic nitrogens is 1. The standard InChI is InChI=1S/C11H12BrClN2O4/c1-19-3-2-15(6-9(16)17)11(18)8-4-7(12)5-14-10(8)13/h4-5H,2-3,6H2,1H3,(H,16,17). The van der Waals surface area contributed by atoms with Crippen molar-refractivity contribution < 1.29 is 19.4 Å². The number of hydrogen-bond donors (Lipinski definition) is 1. The van der Waals surface area contributed by atoms with Crippen LogP contribution in [0.25, 0.3) is 0 Å². The molecule has 0 aliphatic carbocycles. The predicted octanol–water partition coefficient (Wildman–Crippen LogP) is 1.67. The van der Waals surface area contributed by atoms with Crippen LogP contribution >= 0.6 is 27.5 Å². The zero-order valence-corrected chi connectivity index (χ0v) is 12.4. The Morgan fingerprint density at radius 1 is 1.58 bits per heavy atom. The molecule has 1 rings (SSSR count). The summed E-state index contributed by atoms with van der Waals surface area (Å²) in [6.07, 6.45) is 1.45. The zero-order valence-electron chi connectivity index (χ0n) is 10.1. The minimum Gasteiger partial charge on any atom is -0.480 e. The van der Waals surface area contributed by atoms with E-state index < -0.39 is 18.4 Å². The Kier molecular flexibility index (Phi) is 6.20. The molecule has 0 saturated heterocycles. The molecular weight excluding hydrogens is 339 g/mol. The maximum absolute atomic E-state index is 12.2. The van der Waals surface area contributed by atoms with E-state index in [1.807, 2.05) is 0 Å². The Bertz CT molecular complexity index is 484. The highest BCUT2D eigenvalue weighted by atomic mass is 79.9. The van der Waals surface area contributed by atoms with E-state index in [-0.39, 0.29) is 23.9 Å². The lowest BCUT2D eigenvalue weighted by molar-refractivity contribution is -0.137. The highest BCUT2D eigenvalue weighted by molar-refractivity contribution is 9.10. The summed E-state index contributed by atoms with van der Waals surface area (Å²) in [6.45, 7) is -0.0341. The van der Waals surface area contributed by atoms with Crippen LogP contribution in [0, 0.1) is 0 Å². The summed E-state index contributed by atoms with van der Waals surface area (Å²) in [6, 6.07) is 1.50. The molecule has 6 nitrogen and oxygen atoms in total. The fourth-order valence-corrected chi connectivity index (χ4v) is 1.88. The van der Waals surface area contributed by atoms with Crippen molar-refractivity contribution in [2.24, 2.45) is 0 Å². The lowest BCUT2D eigenvalue weighted by Crippen LogP contribution is -2.38. The van der Waals surface area contributed by atoms with Crippen LogP contribution in [0.2, 0.25) is 5.15 Å². The maximum Gasteiger partial charge on any atom is 0.323 e. The van der Waals surface area contributed by atoms with E-state index in [1.165, 1.54) is 19.4 Å². The van der Waals surface area contributed by atoms with Gasteiger partial charge in [-0.25, -0.2) is 4.98 Å². The number of methoxy groups -OCH3 is 1. The van der Waals surface area contributed by atoms with Crippen LogP contribution in [0.1, 0.15) is 10.4 Å². The minimum atomic E-state index is -1.11. The van der Waals surface area contributed by atoms with Gasteiger partial charge >= 0.3 is 5.97 Å². The van der Waals surface area contributed by atoms with E-state index in [1.54, 1.807) is 0 Å². The van der Waals surface area contributed by atoms with Gasteiger partial charge < -0.3 is 14.7 Å². The third-order valence-corrected chi connectivity index (χ3v) is 2.95. The van der Waals surface area contributed by atoms with Crippen molar-refractivity contribution in [2.75, 3.05) is 26.8 Å². The highest BCUT2D eigenvalue weighted by Crippen LogP contribution is 2.19. The molecular formula is C11H12BrClN2O4. The molecule has 0 radical (unpaired) electrons. The summed E-state index contributed by atoms with van der Waals surface area (Å²) in [4.78, 5) is 28.0. The van der Waals surface area contributed by atoms with Gasteiger partial charge in [0.2, 0.25) is 0 Å². The largest absolute Gasteiger partial charge is 0.480 e. The van der Waals surface area contributed by atoms with Crippen LogP contribution in [0.15, 0.2) is 16.7 Å². The van der Waals surface area contributed by atoms with Crippen LogP contribution in [-0.4, -0.2) is 53.7 Å². The second kappa shape index (κ2) is 7.42. The number of rotatable bonds is 6. The van der Waals surface area contributed by atoms with Crippen molar-refractivity contribution in [3.8, 4) is 0 Å². The lowest BCUT2D eigenvalue weighted by atomic mass is 10.2. The second-order valence-electron chi connectivity index (χ2n) is 3.61. The number of carbonyl (C=O) groups excluding carboxylic acids is 1. The molecule has 1 amide bonds. The van der Waals surface area contributed by atoms with E-state index in [2.05, 4.69) is 20.9 Å². The molecule has 1 heterocycles. The fraction of sp³-hybridized carbons (Fsp3) is 0.364. The molecule has 104 valence electrons. The van der Waals surface area contributed by atoms with Gasteiger partial charge in [0, 0.05) is 24.3 Å². The molecule has 0 bridgehead atoms. The number of nitrogens with zero attached hydrogens (tertiary/aromatic N) is 2. The summed E-state index contributed by atoms with van der Waals surface area (Å²) < 4.78 is 5.43. The second-order valence-corrected chi connectivity index (χ2v) is 4.88. The molecule has 0 aliphatic heterocycles. The number of aliphatic carboxylic acids is 1. The van der Waals surface area contributed by atoms with Gasteiger partial charge in [-0.1, -0.05) is 11.6 Å². The van der Waals surface area contributed by atoms with Crippen molar-refractivity contribution in [3.05, 3.63) is 27.5 Å². The summed E-state index contributed by atoms with van der Waals surface area (Å²) in [5.74, 6) is -1.61. The van der Waals surface area contributed by atoms with E-state index in [0.29, 0.717) is 4.47 Å². The van der Waals surface area contributed by atoms with Crippen molar-refractivity contribution in [1.29, 1.82) is 0 Å². The average molecular weight is 352 g/mol. The van der Waals surface area contributed by atoms with Crippen LogP contribution in [-0.2, 0) is 9.53 Å². The summed E-state index contributed by atoms with van der Waals surface area (Å²) in [7, 11) is 1.47. The molecule has 0 unspecified atom stereocenters. The first-order valence-electron chi connectivity index (χ1n) is 5.26. The Labute approximate surface area is 123 Å². The molecule has 19 heavy (non-hydrogen) atoms. The molecule has 0 aromatic carbocycles. The normalized spacial score (nSPS) is 10.3. The van der Waals surface area contributed by atoms with Crippen molar-refractivity contribution in [3.63, 3.8) is 0 Å². The van der Waals surface area contributed by atoms with Gasteiger partial charge in [0.25, 0.3) is 5.91 Å². The summed E-state index contributed by atoms with van der Waals surface area (Å²) in [5, 5.41) is 8.84. The molecule has 0 aliphatic rings. The van der Waals surface area contributed by atoms with Crippen LogP contribution in [0.4, 0.5) is 0 Å². The lowest BCUT2D eigenvalue weighted by Gasteiger charge is -2.20. The number of amides is 1. The summed E-state index contributed by atoms with van der Waals surface area (Å²) in [5.41, 5.74) is 0.147. The number of carboxylic acid groups (broad SMARTS) is 1. The molecule has 0 spiro atoms. The Balaban J connectivity index is 2.97. The number of carboxylic acids is 1. The Hall–Kier alpha value is -1.18. The number of pyridine rings is 1. The van der Waals surface area contributed by atoms with Gasteiger partial charge in [0.05, 0.1) is 12.2 Å². The molecule has 0 saturated carbocycles. The first-order valence-corrected chi connectivity index (χ1v) is 6.44. The SMILES string of the molecule is COCCN(CC(=O)O)C(=O)c1cc(Br)cnc1Cl. The molecule has 8 heteroatoms. The quantitative estimate of drug-likeness (QED) is 0.789. The first-order chi connectivity index (χ1) is 8.95. The van der Waals surface area contributed by atoms with Crippen molar-refractivity contribution in [1.82, 2.24) is 9.88 Å². The monoisotopic (exact) mass is 350 g/mol. The maximum atomic E-state index is 12.2. The Morgan fingerprint density at radius 2 is 2.26 bits per heavy atom. The zero-order chi connectivity index (χ0) is 14.4. The van der Waals surface area contributed by atoms with Crippen molar-refractivity contribution >= 4 is 39.4 Å². The molecule has 1 aromatic rings.